The Morgan fingerprint density at radius 1 is 1.00 bits per heavy atom. The number of benzene rings is 3. The van der Waals surface area contributed by atoms with Gasteiger partial charge < -0.3 is 14.8 Å². The van der Waals surface area contributed by atoms with Crippen LogP contribution in [0.3, 0.4) is 0 Å². The van der Waals surface area contributed by atoms with Crippen molar-refractivity contribution in [2.75, 3.05) is 18.0 Å². The Kier molecular flexibility index (Phi) is 5.61. The largest absolute Gasteiger partial charge is 0.364 e. The van der Waals surface area contributed by atoms with Crippen molar-refractivity contribution in [1.82, 2.24) is 14.9 Å². The molecule has 0 saturated carbocycles. The van der Waals surface area contributed by atoms with E-state index in [1.165, 1.54) is 0 Å². The first-order valence-electron chi connectivity index (χ1n) is 10.9. The zero-order valence-electron chi connectivity index (χ0n) is 18.1. The molecule has 2 heterocycles. The van der Waals surface area contributed by atoms with Gasteiger partial charge in [-0.3, -0.25) is 4.79 Å². The second kappa shape index (κ2) is 9.01. The average molecular weight is 434 g/mol. The van der Waals surface area contributed by atoms with Crippen molar-refractivity contribution in [3.8, 4) is 17.2 Å². The van der Waals surface area contributed by atoms with Crippen LogP contribution >= 0.6 is 0 Å². The fourth-order valence-corrected chi connectivity index (χ4v) is 4.29. The van der Waals surface area contributed by atoms with Crippen LogP contribution in [0.5, 0.6) is 0 Å². The molecule has 1 aliphatic rings. The Balaban J connectivity index is 1.51. The van der Waals surface area contributed by atoms with Gasteiger partial charge in [0.15, 0.2) is 0 Å². The topological polar surface area (TPSA) is 76.0 Å². The van der Waals surface area contributed by atoms with Crippen LogP contribution in [0, 0.1) is 11.3 Å². The van der Waals surface area contributed by atoms with E-state index in [1.807, 2.05) is 29.3 Å². The van der Waals surface area contributed by atoms with E-state index in [4.69, 9.17) is 0 Å². The maximum absolute atomic E-state index is 13.4. The molecular formula is C27H23N5O. The van der Waals surface area contributed by atoms with E-state index < -0.39 is 0 Å². The van der Waals surface area contributed by atoms with E-state index in [0.717, 1.165) is 28.1 Å². The number of nitrogens with one attached hydrogen (secondary N) is 1. The van der Waals surface area contributed by atoms with Crippen LogP contribution in [-0.2, 0) is 13.1 Å². The highest BCUT2D eigenvalue weighted by Gasteiger charge is 2.25. The van der Waals surface area contributed by atoms with Gasteiger partial charge in [-0.25, -0.2) is 4.98 Å². The summed E-state index contributed by atoms with van der Waals surface area (Å²) >= 11 is 0. The first-order chi connectivity index (χ1) is 16.2. The third-order valence-electron chi connectivity index (χ3n) is 5.96. The summed E-state index contributed by atoms with van der Waals surface area (Å²) in [5.41, 5.74) is 6.44. The maximum atomic E-state index is 13.4. The summed E-state index contributed by atoms with van der Waals surface area (Å²) < 4.78 is 0. The predicted octanol–water partition coefficient (Wildman–Crippen LogP) is 4.61. The molecular weight excluding hydrogens is 410 g/mol. The molecule has 0 saturated heterocycles. The number of hydrogen-bond acceptors (Lipinski definition) is 4. The number of hydrogen-bond donors (Lipinski definition) is 1. The van der Waals surface area contributed by atoms with Gasteiger partial charge >= 0.3 is 0 Å². The zero-order valence-corrected chi connectivity index (χ0v) is 18.1. The summed E-state index contributed by atoms with van der Waals surface area (Å²) in [6.45, 7) is 2.43. The number of carbonyl (C=O) groups excluding carboxylic acids is 1. The second-order valence-corrected chi connectivity index (χ2v) is 8.11. The molecule has 1 N–H and O–H groups in total. The highest BCUT2D eigenvalue weighted by Crippen LogP contribution is 2.31. The van der Waals surface area contributed by atoms with Crippen LogP contribution < -0.4 is 4.90 Å². The Morgan fingerprint density at radius 2 is 1.88 bits per heavy atom. The van der Waals surface area contributed by atoms with Crippen LogP contribution in [0.15, 0.2) is 85.3 Å². The standard InChI is InChI=1S/C27H23N5O/c28-15-20-5-4-8-23(13-20)27(33)32-12-11-31(18-25-16-29-19-30-25)26-10-9-22(14-24(26)17-32)21-6-2-1-3-7-21/h1-10,13-14,16,19H,11-12,17-18H2,(H,29,30). The summed E-state index contributed by atoms with van der Waals surface area (Å²) in [7, 11) is 0. The van der Waals surface area contributed by atoms with Gasteiger partial charge in [-0.05, 0) is 47.0 Å². The van der Waals surface area contributed by atoms with Crippen LogP contribution in [0.2, 0.25) is 0 Å². The average Bonchev–Trinajstić information content (AvgIpc) is 3.32. The molecule has 162 valence electrons. The summed E-state index contributed by atoms with van der Waals surface area (Å²) in [4.78, 5) is 24.9. The van der Waals surface area contributed by atoms with Crippen molar-refractivity contribution in [2.45, 2.75) is 13.1 Å². The molecule has 6 nitrogen and oxygen atoms in total. The molecule has 33 heavy (non-hydrogen) atoms. The molecule has 0 spiro atoms. The van der Waals surface area contributed by atoms with Crippen molar-refractivity contribution in [1.29, 1.82) is 5.26 Å². The number of H-pyrrole nitrogens is 1. The lowest BCUT2D eigenvalue weighted by atomic mass is 10.0. The molecule has 5 rings (SSSR count). The Labute approximate surface area is 192 Å². The van der Waals surface area contributed by atoms with Gasteiger partial charge in [0, 0.05) is 37.1 Å². The van der Waals surface area contributed by atoms with Crippen molar-refractivity contribution >= 4 is 11.6 Å². The number of anilines is 1. The van der Waals surface area contributed by atoms with E-state index in [-0.39, 0.29) is 5.91 Å². The number of aromatic nitrogens is 2. The lowest BCUT2D eigenvalue weighted by molar-refractivity contribution is 0.0751. The van der Waals surface area contributed by atoms with Gasteiger partial charge in [0.05, 0.1) is 30.2 Å². The minimum Gasteiger partial charge on any atom is -0.364 e. The summed E-state index contributed by atoms with van der Waals surface area (Å²) in [5, 5.41) is 9.24. The predicted molar refractivity (Wildman–Crippen MR) is 127 cm³/mol. The first-order valence-corrected chi connectivity index (χ1v) is 10.9. The van der Waals surface area contributed by atoms with Crippen molar-refractivity contribution in [3.05, 3.63) is 108 Å². The van der Waals surface area contributed by atoms with Crippen LogP contribution in [0.25, 0.3) is 11.1 Å². The van der Waals surface area contributed by atoms with E-state index in [2.05, 4.69) is 51.3 Å². The highest BCUT2D eigenvalue weighted by molar-refractivity contribution is 5.94. The second-order valence-electron chi connectivity index (χ2n) is 8.11. The number of nitrogens with zero attached hydrogens (tertiary/aromatic N) is 4. The van der Waals surface area contributed by atoms with Crippen LogP contribution in [0.1, 0.15) is 27.2 Å². The molecule has 0 radical (unpaired) electrons. The zero-order chi connectivity index (χ0) is 22.6. The Morgan fingerprint density at radius 3 is 2.67 bits per heavy atom. The third-order valence-corrected chi connectivity index (χ3v) is 5.96. The number of nitriles is 1. The quantitative estimate of drug-likeness (QED) is 0.510. The molecule has 0 unspecified atom stereocenters. The third kappa shape index (κ3) is 4.35. The number of imidazole rings is 1. The Bertz CT molecular complexity index is 1310. The molecule has 0 atom stereocenters. The fraction of sp³-hybridized carbons (Fsp3) is 0.148. The monoisotopic (exact) mass is 433 g/mol. The number of aromatic amines is 1. The van der Waals surface area contributed by atoms with Gasteiger partial charge in [0.25, 0.3) is 5.91 Å². The smallest absolute Gasteiger partial charge is 0.254 e. The van der Waals surface area contributed by atoms with Gasteiger partial charge in [-0.2, -0.15) is 5.26 Å². The number of amides is 1. The normalized spacial score (nSPS) is 13.2. The van der Waals surface area contributed by atoms with E-state index in [9.17, 15) is 10.1 Å². The lowest BCUT2D eigenvalue weighted by Crippen LogP contribution is -2.35. The van der Waals surface area contributed by atoms with Gasteiger partial charge in [0.2, 0.25) is 0 Å². The van der Waals surface area contributed by atoms with Crippen LogP contribution in [-0.4, -0.2) is 33.9 Å². The van der Waals surface area contributed by atoms with E-state index in [0.29, 0.717) is 37.3 Å². The first kappa shape index (κ1) is 20.5. The highest BCUT2D eigenvalue weighted by atomic mass is 16.2. The van der Waals surface area contributed by atoms with E-state index in [1.54, 1.807) is 30.6 Å². The van der Waals surface area contributed by atoms with Gasteiger partial charge in [-0.15, -0.1) is 0 Å². The van der Waals surface area contributed by atoms with Crippen LogP contribution in [0.4, 0.5) is 5.69 Å². The molecule has 0 fully saturated rings. The SMILES string of the molecule is N#Cc1cccc(C(=O)N2CCN(Cc3c[nH]cn3)c3ccc(-c4ccccc4)cc3C2)c1. The van der Waals surface area contributed by atoms with Crippen molar-refractivity contribution in [2.24, 2.45) is 0 Å². The summed E-state index contributed by atoms with van der Waals surface area (Å²) in [5.74, 6) is -0.0650. The minimum atomic E-state index is -0.0650. The maximum Gasteiger partial charge on any atom is 0.254 e. The van der Waals surface area contributed by atoms with Gasteiger partial charge in [0.1, 0.15) is 0 Å². The van der Waals surface area contributed by atoms with Crippen molar-refractivity contribution < 1.29 is 4.79 Å². The van der Waals surface area contributed by atoms with Gasteiger partial charge in [-0.1, -0.05) is 42.5 Å². The summed E-state index contributed by atoms with van der Waals surface area (Å²) in [6, 6.07) is 25.8. The minimum absolute atomic E-state index is 0.0650. The molecule has 0 aliphatic carbocycles. The number of rotatable bonds is 4. The Hall–Kier alpha value is -4.37. The molecule has 6 heteroatoms. The molecule has 1 amide bonds. The molecule has 1 aromatic heterocycles. The number of carbonyl (C=O) groups is 1. The van der Waals surface area contributed by atoms with Crippen molar-refractivity contribution in [3.63, 3.8) is 0 Å². The van der Waals surface area contributed by atoms with E-state index >= 15 is 0 Å². The number of fused-ring (bicyclic) bond motifs is 1. The molecule has 1 aliphatic heterocycles. The molecule has 3 aromatic carbocycles. The fourth-order valence-electron chi connectivity index (χ4n) is 4.29. The summed E-state index contributed by atoms with van der Waals surface area (Å²) in [6.07, 6.45) is 3.59. The molecule has 4 aromatic rings. The molecule has 0 bridgehead atoms. The lowest BCUT2D eigenvalue weighted by Gasteiger charge is -2.24.